The molecular formula is C10H28O6Si3. The van der Waals surface area contributed by atoms with E-state index in [1.54, 1.807) is 21.3 Å². The maximum atomic E-state index is 5.71. The Balaban J connectivity index is 3.66. The first-order valence-corrected chi connectivity index (χ1v) is 10.7. The molecule has 0 aromatic heterocycles. The minimum absolute atomic E-state index is 0.552. The van der Waals surface area contributed by atoms with Crippen molar-refractivity contribution in [2.75, 3.05) is 61.0 Å². The fourth-order valence-electron chi connectivity index (χ4n) is 1.32. The molecular weight excluding hydrogens is 300 g/mol. The number of ether oxygens (including phenoxy) is 3. The minimum atomic E-state index is -0.552. The molecule has 0 aliphatic rings. The van der Waals surface area contributed by atoms with Gasteiger partial charge in [-0.3, -0.25) is 0 Å². The van der Waals surface area contributed by atoms with Crippen molar-refractivity contribution in [3.63, 3.8) is 0 Å². The predicted molar refractivity (Wildman–Crippen MR) is 82.9 cm³/mol. The molecule has 0 aliphatic carbocycles. The van der Waals surface area contributed by atoms with Crippen LogP contribution in [0.15, 0.2) is 0 Å². The van der Waals surface area contributed by atoms with Gasteiger partial charge in [-0.1, -0.05) is 0 Å². The molecule has 0 N–H and O–H groups in total. The van der Waals surface area contributed by atoms with E-state index in [9.17, 15) is 0 Å². The smallest absolute Gasteiger partial charge is 0.162 e. The van der Waals surface area contributed by atoms with Crippen LogP contribution >= 0.6 is 0 Å². The summed E-state index contributed by atoms with van der Waals surface area (Å²) in [6.45, 7) is 4.07. The maximum Gasteiger partial charge on any atom is 0.162 e. The SMILES string of the molecule is COCCO[SiH2]C([SiH2]OCCOC)[SiH2]OCCOC. The third kappa shape index (κ3) is 14.6. The Morgan fingerprint density at radius 1 is 0.579 bits per heavy atom. The van der Waals surface area contributed by atoms with Gasteiger partial charge < -0.3 is 27.5 Å². The third-order valence-corrected chi connectivity index (χ3v) is 9.59. The molecule has 0 radical (unpaired) electrons. The molecule has 0 atom stereocenters. The van der Waals surface area contributed by atoms with Gasteiger partial charge >= 0.3 is 0 Å². The molecule has 0 heterocycles. The van der Waals surface area contributed by atoms with Crippen LogP contribution in [-0.4, -0.2) is 90.3 Å². The molecule has 6 nitrogen and oxygen atoms in total. The first kappa shape index (κ1) is 19.4. The Bertz CT molecular complexity index is 149. The Morgan fingerprint density at radius 3 is 1.16 bits per heavy atom. The van der Waals surface area contributed by atoms with Crippen molar-refractivity contribution >= 4 is 29.3 Å². The Kier molecular flexibility index (Phi) is 16.8. The molecule has 0 fully saturated rings. The summed E-state index contributed by atoms with van der Waals surface area (Å²) >= 11 is 0. The van der Waals surface area contributed by atoms with Crippen LogP contribution in [0, 0.1) is 0 Å². The zero-order valence-electron chi connectivity index (χ0n) is 12.4. The Morgan fingerprint density at radius 2 is 0.895 bits per heavy atom. The summed E-state index contributed by atoms with van der Waals surface area (Å²) in [7, 11) is 3.41. The van der Waals surface area contributed by atoms with Gasteiger partial charge in [-0.05, 0) is 0 Å². The highest BCUT2D eigenvalue weighted by atomic mass is 28.4. The van der Waals surface area contributed by atoms with Crippen molar-refractivity contribution in [2.45, 2.75) is 4.79 Å². The van der Waals surface area contributed by atoms with Gasteiger partial charge in [0.15, 0.2) is 29.3 Å². The van der Waals surface area contributed by atoms with Crippen molar-refractivity contribution in [3.05, 3.63) is 0 Å². The van der Waals surface area contributed by atoms with Gasteiger partial charge in [-0.25, -0.2) is 0 Å². The van der Waals surface area contributed by atoms with Crippen LogP contribution in [0.2, 0.25) is 4.79 Å². The van der Waals surface area contributed by atoms with Crippen LogP contribution in [0.5, 0.6) is 0 Å². The lowest BCUT2D eigenvalue weighted by Crippen LogP contribution is -2.27. The highest BCUT2D eigenvalue weighted by Crippen LogP contribution is 2.01. The van der Waals surface area contributed by atoms with Crippen molar-refractivity contribution in [2.24, 2.45) is 0 Å². The lowest BCUT2D eigenvalue weighted by Gasteiger charge is -2.15. The van der Waals surface area contributed by atoms with E-state index in [0.717, 1.165) is 0 Å². The number of hydrogen-bond acceptors (Lipinski definition) is 6. The molecule has 0 aromatic rings. The van der Waals surface area contributed by atoms with E-state index in [1.807, 2.05) is 0 Å². The minimum Gasteiger partial charge on any atom is -0.422 e. The molecule has 116 valence electrons. The van der Waals surface area contributed by atoms with Gasteiger partial charge in [0.25, 0.3) is 0 Å². The topological polar surface area (TPSA) is 55.4 Å². The van der Waals surface area contributed by atoms with Crippen molar-refractivity contribution < 1.29 is 27.5 Å². The van der Waals surface area contributed by atoms with Gasteiger partial charge in [0.1, 0.15) is 0 Å². The molecule has 19 heavy (non-hydrogen) atoms. The highest BCUT2D eigenvalue weighted by Gasteiger charge is 2.13. The van der Waals surface area contributed by atoms with E-state index in [1.165, 1.54) is 0 Å². The first-order chi connectivity index (χ1) is 9.35. The molecule has 0 spiro atoms. The fraction of sp³-hybridized carbons (Fsp3) is 1.00. The van der Waals surface area contributed by atoms with Crippen molar-refractivity contribution in [1.82, 2.24) is 0 Å². The summed E-state index contributed by atoms with van der Waals surface area (Å²) in [5, 5.41) is 0. The van der Waals surface area contributed by atoms with E-state index in [0.29, 0.717) is 44.4 Å². The summed E-state index contributed by atoms with van der Waals surface area (Å²) in [6.07, 6.45) is 0. The second kappa shape index (κ2) is 16.5. The Hall–Kier alpha value is 0.411. The molecule has 0 bridgehead atoms. The van der Waals surface area contributed by atoms with Gasteiger partial charge in [-0.2, -0.15) is 0 Å². The van der Waals surface area contributed by atoms with E-state index in [-0.39, 0.29) is 0 Å². The fourth-order valence-corrected chi connectivity index (χ4v) is 7.33. The Labute approximate surface area is 123 Å². The maximum absolute atomic E-state index is 5.71. The molecule has 0 aliphatic heterocycles. The number of hydrogen-bond donors (Lipinski definition) is 0. The molecule has 0 saturated heterocycles. The average molecular weight is 329 g/mol. The standard InChI is InChI=1S/C10H28O6Si3/c1-11-4-7-14-17-10(18-15-8-5-12-2)19-16-9-6-13-3/h10H,4-9,17-19H2,1-3H3. The van der Waals surface area contributed by atoms with Crippen molar-refractivity contribution in [1.29, 1.82) is 0 Å². The normalized spacial score (nSPS) is 14.7. The third-order valence-electron chi connectivity index (χ3n) is 2.36. The average Bonchev–Trinajstić information content (AvgIpc) is 2.43. The summed E-state index contributed by atoms with van der Waals surface area (Å²) in [6, 6.07) is 0. The zero-order valence-corrected chi connectivity index (χ0v) is 16.6. The van der Waals surface area contributed by atoms with E-state index in [2.05, 4.69) is 0 Å². The molecule has 0 unspecified atom stereocenters. The van der Waals surface area contributed by atoms with Gasteiger partial charge in [0.05, 0.1) is 39.6 Å². The number of rotatable bonds is 15. The van der Waals surface area contributed by atoms with Gasteiger partial charge in [0.2, 0.25) is 0 Å². The molecule has 0 saturated carbocycles. The van der Waals surface area contributed by atoms with Crippen LogP contribution in [0.3, 0.4) is 0 Å². The summed E-state index contributed by atoms with van der Waals surface area (Å²) < 4.78 is 32.1. The summed E-state index contributed by atoms with van der Waals surface area (Å²) in [4.78, 5) is 0.630. The first-order valence-electron chi connectivity index (χ1n) is 6.55. The van der Waals surface area contributed by atoms with Crippen LogP contribution in [0.25, 0.3) is 0 Å². The molecule has 0 rings (SSSR count). The second-order valence-corrected chi connectivity index (χ2v) is 13.2. The van der Waals surface area contributed by atoms with Gasteiger partial charge in [0, 0.05) is 26.1 Å². The van der Waals surface area contributed by atoms with Crippen LogP contribution in [-0.2, 0) is 27.5 Å². The lowest BCUT2D eigenvalue weighted by molar-refractivity contribution is 0.143. The van der Waals surface area contributed by atoms with Crippen molar-refractivity contribution in [3.8, 4) is 0 Å². The van der Waals surface area contributed by atoms with Crippen LogP contribution in [0.1, 0.15) is 0 Å². The van der Waals surface area contributed by atoms with Crippen LogP contribution in [0.4, 0.5) is 0 Å². The lowest BCUT2D eigenvalue weighted by atomic mass is 10.8. The largest absolute Gasteiger partial charge is 0.422 e. The second-order valence-electron chi connectivity index (χ2n) is 4.07. The quantitative estimate of drug-likeness (QED) is 0.254. The number of methoxy groups -OCH3 is 3. The molecule has 0 aromatic carbocycles. The monoisotopic (exact) mass is 328 g/mol. The van der Waals surface area contributed by atoms with Gasteiger partial charge in [-0.15, -0.1) is 0 Å². The van der Waals surface area contributed by atoms with E-state index < -0.39 is 29.3 Å². The zero-order chi connectivity index (χ0) is 14.2. The molecule has 9 heteroatoms. The highest BCUT2D eigenvalue weighted by molar-refractivity contribution is 6.69. The predicted octanol–water partition coefficient (Wildman–Crippen LogP) is -2.07. The van der Waals surface area contributed by atoms with E-state index >= 15 is 0 Å². The van der Waals surface area contributed by atoms with Crippen LogP contribution < -0.4 is 0 Å². The summed E-state index contributed by atoms with van der Waals surface area (Å²) in [5.74, 6) is 0. The molecule has 0 amide bonds. The summed E-state index contributed by atoms with van der Waals surface area (Å²) in [5.41, 5.74) is 0. The van der Waals surface area contributed by atoms with E-state index in [4.69, 9.17) is 27.5 Å².